The largest absolute Gasteiger partial charge is 0.375 e. The van der Waals surface area contributed by atoms with Gasteiger partial charge in [0, 0.05) is 7.11 Å². The van der Waals surface area contributed by atoms with Gasteiger partial charge in [0.2, 0.25) is 0 Å². The van der Waals surface area contributed by atoms with Crippen LogP contribution in [-0.2, 0) is 15.1 Å². The maximum absolute atomic E-state index is 5.58. The van der Waals surface area contributed by atoms with Crippen LogP contribution in [0, 0.1) is 0 Å². The molecule has 1 saturated heterocycles. The van der Waals surface area contributed by atoms with Gasteiger partial charge in [0.15, 0.2) is 0 Å². The van der Waals surface area contributed by atoms with Crippen molar-refractivity contribution in [3.05, 3.63) is 60.2 Å². The van der Waals surface area contributed by atoms with Crippen LogP contribution < -0.4 is 0 Å². The van der Waals surface area contributed by atoms with Gasteiger partial charge in [0.05, 0.1) is 13.2 Å². The first kappa shape index (κ1) is 11.5. The van der Waals surface area contributed by atoms with E-state index < -0.39 is 0 Å². The minimum Gasteiger partial charge on any atom is -0.375 e. The molecule has 0 atom stereocenters. The van der Waals surface area contributed by atoms with Crippen LogP contribution in [-0.4, -0.2) is 20.3 Å². The summed E-state index contributed by atoms with van der Waals surface area (Å²) < 4.78 is 10.9. The van der Waals surface area contributed by atoms with Crippen molar-refractivity contribution in [2.75, 3.05) is 20.3 Å². The predicted molar refractivity (Wildman–Crippen MR) is 71.4 cm³/mol. The van der Waals surface area contributed by atoms with Crippen LogP contribution in [0.5, 0.6) is 0 Å². The molecule has 3 rings (SSSR count). The molecule has 0 amide bonds. The zero-order chi connectivity index (χ0) is 12.4. The molecule has 2 heteroatoms. The number of hydrogen-bond donors (Lipinski definition) is 0. The second kappa shape index (κ2) is 4.56. The van der Waals surface area contributed by atoms with E-state index in [1.165, 1.54) is 16.7 Å². The molecule has 0 bridgehead atoms. The average Bonchev–Trinajstić information content (AvgIpc) is 2.40. The lowest BCUT2D eigenvalue weighted by atomic mass is 9.90. The second-order valence-corrected chi connectivity index (χ2v) is 4.63. The van der Waals surface area contributed by atoms with Crippen molar-refractivity contribution >= 4 is 0 Å². The van der Waals surface area contributed by atoms with Gasteiger partial charge in [0.1, 0.15) is 5.60 Å². The summed E-state index contributed by atoms with van der Waals surface area (Å²) in [6, 6.07) is 18.9. The Hall–Kier alpha value is -1.64. The lowest BCUT2D eigenvalue weighted by Crippen LogP contribution is -2.48. The van der Waals surface area contributed by atoms with Gasteiger partial charge in [-0.25, -0.2) is 0 Å². The fourth-order valence-electron chi connectivity index (χ4n) is 2.29. The SMILES string of the molecule is COC1(c2ccc(-c3ccccc3)cc2)COC1. The number of benzene rings is 2. The molecule has 0 saturated carbocycles. The highest BCUT2D eigenvalue weighted by Crippen LogP contribution is 2.34. The van der Waals surface area contributed by atoms with E-state index >= 15 is 0 Å². The van der Waals surface area contributed by atoms with Crippen molar-refractivity contribution < 1.29 is 9.47 Å². The Morgan fingerprint density at radius 2 is 1.50 bits per heavy atom. The van der Waals surface area contributed by atoms with Gasteiger partial charge < -0.3 is 9.47 Å². The van der Waals surface area contributed by atoms with E-state index in [0.717, 1.165) is 0 Å². The van der Waals surface area contributed by atoms with Crippen LogP contribution in [0.15, 0.2) is 54.6 Å². The zero-order valence-corrected chi connectivity index (χ0v) is 10.4. The van der Waals surface area contributed by atoms with E-state index in [1.807, 2.05) is 6.07 Å². The van der Waals surface area contributed by atoms with Crippen LogP contribution in [0.2, 0.25) is 0 Å². The molecule has 2 nitrogen and oxygen atoms in total. The smallest absolute Gasteiger partial charge is 0.139 e. The van der Waals surface area contributed by atoms with Gasteiger partial charge in [-0.15, -0.1) is 0 Å². The van der Waals surface area contributed by atoms with Gasteiger partial charge >= 0.3 is 0 Å². The number of rotatable bonds is 3. The van der Waals surface area contributed by atoms with Gasteiger partial charge in [-0.3, -0.25) is 0 Å². The average molecular weight is 240 g/mol. The van der Waals surface area contributed by atoms with Crippen molar-refractivity contribution in [3.63, 3.8) is 0 Å². The molecular weight excluding hydrogens is 224 g/mol. The monoisotopic (exact) mass is 240 g/mol. The maximum atomic E-state index is 5.58. The Morgan fingerprint density at radius 3 is 2.00 bits per heavy atom. The Balaban J connectivity index is 1.90. The molecule has 92 valence electrons. The summed E-state index contributed by atoms with van der Waals surface area (Å²) in [5, 5.41) is 0. The quantitative estimate of drug-likeness (QED) is 0.820. The van der Waals surface area contributed by atoms with E-state index in [2.05, 4.69) is 48.5 Å². The van der Waals surface area contributed by atoms with Crippen molar-refractivity contribution in [1.29, 1.82) is 0 Å². The molecule has 1 heterocycles. The summed E-state index contributed by atoms with van der Waals surface area (Å²) in [6.45, 7) is 1.29. The fraction of sp³-hybridized carbons (Fsp3) is 0.250. The van der Waals surface area contributed by atoms with Crippen molar-refractivity contribution in [1.82, 2.24) is 0 Å². The Kier molecular flexibility index (Phi) is 2.90. The maximum Gasteiger partial charge on any atom is 0.139 e. The van der Waals surface area contributed by atoms with Crippen LogP contribution >= 0.6 is 0 Å². The normalized spacial score (nSPS) is 17.2. The molecule has 1 fully saturated rings. The molecule has 0 aliphatic carbocycles. The topological polar surface area (TPSA) is 18.5 Å². The van der Waals surface area contributed by atoms with Gasteiger partial charge in [-0.05, 0) is 16.7 Å². The first-order chi connectivity index (χ1) is 8.84. The Bertz CT molecular complexity index is 507. The van der Waals surface area contributed by atoms with Crippen LogP contribution in [0.25, 0.3) is 11.1 Å². The highest BCUT2D eigenvalue weighted by atomic mass is 16.6. The Morgan fingerprint density at radius 1 is 0.889 bits per heavy atom. The molecule has 0 aromatic heterocycles. The highest BCUT2D eigenvalue weighted by Gasteiger charge is 2.40. The zero-order valence-electron chi connectivity index (χ0n) is 10.4. The summed E-state index contributed by atoms with van der Waals surface area (Å²) in [6.07, 6.45) is 0. The number of ether oxygens (including phenoxy) is 2. The van der Waals surface area contributed by atoms with Gasteiger partial charge in [0.25, 0.3) is 0 Å². The molecule has 18 heavy (non-hydrogen) atoms. The summed E-state index contributed by atoms with van der Waals surface area (Å²) in [5.74, 6) is 0. The molecule has 2 aromatic rings. The first-order valence-corrected chi connectivity index (χ1v) is 6.13. The lowest BCUT2D eigenvalue weighted by Gasteiger charge is -2.40. The number of methoxy groups -OCH3 is 1. The van der Waals surface area contributed by atoms with Crippen molar-refractivity contribution in [2.24, 2.45) is 0 Å². The summed E-state index contributed by atoms with van der Waals surface area (Å²) in [4.78, 5) is 0. The second-order valence-electron chi connectivity index (χ2n) is 4.63. The van der Waals surface area contributed by atoms with Crippen molar-refractivity contribution in [2.45, 2.75) is 5.60 Å². The lowest BCUT2D eigenvalue weighted by molar-refractivity contribution is -0.202. The van der Waals surface area contributed by atoms with Gasteiger partial charge in [-0.1, -0.05) is 54.6 Å². The summed E-state index contributed by atoms with van der Waals surface area (Å²) >= 11 is 0. The molecule has 2 aromatic carbocycles. The molecule has 1 aliphatic heterocycles. The number of hydrogen-bond acceptors (Lipinski definition) is 2. The van der Waals surface area contributed by atoms with Gasteiger partial charge in [-0.2, -0.15) is 0 Å². The van der Waals surface area contributed by atoms with E-state index in [0.29, 0.717) is 13.2 Å². The van der Waals surface area contributed by atoms with Crippen LogP contribution in [0.4, 0.5) is 0 Å². The fourth-order valence-corrected chi connectivity index (χ4v) is 2.29. The third-order valence-corrected chi connectivity index (χ3v) is 3.58. The van der Waals surface area contributed by atoms with E-state index in [4.69, 9.17) is 9.47 Å². The molecule has 0 unspecified atom stereocenters. The van der Waals surface area contributed by atoms with Crippen LogP contribution in [0.1, 0.15) is 5.56 Å². The minimum atomic E-state index is -0.227. The standard InChI is InChI=1S/C16H16O2/c1-17-16(11-18-12-16)15-9-7-14(8-10-15)13-5-3-2-4-6-13/h2-10H,11-12H2,1H3. The molecule has 0 N–H and O–H groups in total. The minimum absolute atomic E-state index is 0.227. The molecule has 0 spiro atoms. The highest BCUT2D eigenvalue weighted by molar-refractivity contribution is 5.63. The molecule has 0 radical (unpaired) electrons. The summed E-state index contributed by atoms with van der Waals surface area (Å²) in [5.41, 5.74) is 3.43. The van der Waals surface area contributed by atoms with Crippen molar-refractivity contribution in [3.8, 4) is 11.1 Å². The third kappa shape index (κ3) is 1.84. The Labute approximate surface area is 107 Å². The first-order valence-electron chi connectivity index (χ1n) is 6.13. The molecule has 1 aliphatic rings. The van der Waals surface area contributed by atoms with Crippen LogP contribution in [0.3, 0.4) is 0 Å². The predicted octanol–water partition coefficient (Wildman–Crippen LogP) is 3.23. The van der Waals surface area contributed by atoms with E-state index in [9.17, 15) is 0 Å². The summed E-state index contributed by atoms with van der Waals surface area (Å²) in [7, 11) is 1.74. The molecular formula is C16H16O2. The third-order valence-electron chi connectivity index (χ3n) is 3.58. The van der Waals surface area contributed by atoms with E-state index in [1.54, 1.807) is 7.11 Å². The van der Waals surface area contributed by atoms with E-state index in [-0.39, 0.29) is 5.60 Å².